The van der Waals surface area contributed by atoms with Gasteiger partial charge in [-0.3, -0.25) is 9.98 Å². The Morgan fingerprint density at radius 1 is 1.17 bits per heavy atom. The molecule has 1 aromatic carbocycles. The molecule has 0 aliphatic rings. The van der Waals surface area contributed by atoms with E-state index in [-0.39, 0.29) is 22.2 Å². The molecule has 1 aromatic heterocycles. The van der Waals surface area contributed by atoms with Gasteiger partial charge in [0.2, 0.25) is 0 Å². The van der Waals surface area contributed by atoms with Crippen molar-refractivity contribution in [1.29, 1.82) is 0 Å². The molecule has 23 heavy (non-hydrogen) atoms. The summed E-state index contributed by atoms with van der Waals surface area (Å²) < 4.78 is 0. The van der Waals surface area contributed by atoms with Crippen molar-refractivity contribution in [3.63, 3.8) is 0 Å². The SMILES string of the molecule is CC(=NCC(=O)[O-])c1ccccc1[N-]C(=O)c1ccccn1.[Ni+2]. The number of carboxylic acids is 1. The predicted octanol–water partition coefficient (Wildman–Crippen LogP) is 1.48. The number of carboxylic acid groups (broad SMARTS) is 1. The number of nitrogens with zero attached hydrogens (tertiary/aromatic N) is 3. The number of para-hydroxylation sites is 1. The third-order valence-electron chi connectivity index (χ3n) is 2.85. The number of hydrogen-bond acceptors (Lipinski definition) is 5. The number of aliphatic imine (C=N–C) groups is 1. The number of hydrogen-bond donors (Lipinski definition) is 0. The Balaban J connectivity index is 0.00000264. The number of amides is 1. The number of aromatic nitrogens is 1. The molecule has 2 aromatic rings. The van der Waals surface area contributed by atoms with Crippen LogP contribution in [-0.4, -0.2) is 29.1 Å². The smallest absolute Gasteiger partial charge is 0.621 e. The number of aliphatic carboxylic acids is 1. The van der Waals surface area contributed by atoms with Crippen LogP contribution in [0, 0.1) is 0 Å². The minimum absolute atomic E-state index is 0. The van der Waals surface area contributed by atoms with Crippen LogP contribution in [0.1, 0.15) is 23.0 Å². The third-order valence-corrected chi connectivity index (χ3v) is 2.85. The Bertz CT molecular complexity index is 718. The topological polar surface area (TPSA) is 96.5 Å². The Labute approximate surface area is 143 Å². The molecule has 0 aliphatic carbocycles. The van der Waals surface area contributed by atoms with Crippen LogP contribution in [0.3, 0.4) is 0 Å². The van der Waals surface area contributed by atoms with Crippen LogP contribution in [0.15, 0.2) is 53.7 Å². The van der Waals surface area contributed by atoms with E-state index in [2.05, 4.69) is 15.3 Å². The summed E-state index contributed by atoms with van der Waals surface area (Å²) in [4.78, 5) is 30.4. The van der Waals surface area contributed by atoms with Crippen LogP contribution in [0.4, 0.5) is 5.69 Å². The third kappa shape index (κ3) is 5.31. The van der Waals surface area contributed by atoms with Gasteiger partial charge in [0.25, 0.3) is 0 Å². The van der Waals surface area contributed by atoms with Crippen molar-refractivity contribution in [1.82, 2.24) is 4.98 Å². The van der Waals surface area contributed by atoms with E-state index in [9.17, 15) is 14.7 Å². The summed E-state index contributed by atoms with van der Waals surface area (Å²) in [6.45, 7) is 1.22. The molecule has 0 radical (unpaired) electrons. The Hall–Kier alpha value is -2.53. The van der Waals surface area contributed by atoms with E-state index in [4.69, 9.17) is 0 Å². The van der Waals surface area contributed by atoms with Gasteiger partial charge >= 0.3 is 16.5 Å². The summed E-state index contributed by atoms with van der Waals surface area (Å²) in [5.41, 5.74) is 1.71. The number of carbonyl (C=O) groups is 2. The van der Waals surface area contributed by atoms with Gasteiger partial charge < -0.3 is 20.0 Å². The van der Waals surface area contributed by atoms with Crippen molar-refractivity contribution in [2.75, 3.05) is 6.54 Å². The molecule has 120 valence electrons. The standard InChI is InChI=1S/C16H15N3O3.Ni/c1-11(18-10-15(20)21)12-6-2-3-7-13(12)19-16(22)14-8-4-5-9-17-14;/h2-9H,10H2,1H3,(H2,18,19,20,21,22);/q;+2/p-2. The maximum absolute atomic E-state index is 12.1. The molecule has 0 atom stereocenters. The molecule has 0 saturated carbocycles. The van der Waals surface area contributed by atoms with Crippen molar-refractivity contribution in [2.45, 2.75) is 6.92 Å². The van der Waals surface area contributed by atoms with Crippen LogP contribution < -0.4 is 5.11 Å². The van der Waals surface area contributed by atoms with Crippen LogP contribution in [0.2, 0.25) is 0 Å². The fourth-order valence-electron chi connectivity index (χ4n) is 1.80. The first kappa shape index (κ1) is 18.5. The van der Waals surface area contributed by atoms with Crippen molar-refractivity contribution in [2.24, 2.45) is 4.99 Å². The summed E-state index contributed by atoms with van der Waals surface area (Å²) in [6.07, 6.45) is 1.52. The largest absolute Gasteiger partial charge is 2.00 e. The Morgan fingerprint density at radius 2 is 1.87 bits per heavy atom. The second-order valence-electron chi connectivity index (χ2n) is 4.42. The van der Waals surface area contributed by atoms with Gasteiger partial charge in [-0.1, -0.05) is 30.3 Å². The van der Waals surface area contributed by atoms with Crippen LogP contribution in [0.25, 0.3) is 5.32 Å². The van der Waals surface area contributed by atoms with E-state index in [0.29, 0.717) is 17.0 Å². The molecular formula is C16H13N3NiO3. The summed E-state index contributed by atoms with van der Waals surface area (Å²) >= 11 is 0. The summed E-state index contributed by atoms with van der Waals surface area (Å²) in [5.74, 6) is -1.74. The molecule has 0 fully saturated rings. The summed E-state index contributed by atoms with van der Waals surface area (Å²) in [6, 6.07) is 11.9. The van der Waals surface area contributed by atoms with Crippen molar-refractivity contribution < 1.29 is 31.2 Å². The summed E-state index contributed by atoms with van der Waals surface area (Å²) in [7, 11) is 0. The molecule has 7 heteroatoms. The molecule has 0 aliphatic heterocycles. The minimum Gasteiger partial charge on any atom is -0.621 e. The van der Waals surface area contributed by atoms with E-state index in [1.807, 2.05) is 0 Å². The molecule has 2 rings (SSSR count). The number of pyridine rings is 1. The van der Waals surface area contributed by atoms with Gasteiger partial charge in [0.15, 0.2) is 0 Å². The molecule has 0 spiro atoms. The minimum atomic E-state index is -1.27. The van der Waals surface area contributed by atoms with E-state index in [0.717, 1.165) is 0 Å². The maximum Gasteiger partial charge on any atom is 2.00 e. The monoisotopic (exact) mass is 353 g/mol. The Morgan fingerprint density at radius 3 is 2.52 bits per heavy atom. The molecule has 0 unspecified atom stereocenters. The van der Waals surface area contributed by atoms with Gasteiger partial charge in [0, 0.05) is 11.9 Å². The molecule has 0 N–H and O–H groups in total. The second kappa shape index (κ2) is 8.80. The van der Waals surface area contributed by atoms with Crippen molar-refractivity contribution in [3.05, 3.63) is 65.2 Å². The average molecular weight is 354 g/mol. The predicted molar refractivity (Wildman–Crippen MR) is 80.1 cm³/mol. The van der Waals surface area contributed by atoms with E-state index >= 15 is 0 Å². The first-order valence-electron chi connectivity index (χ1n) is 6.55. The Kier molecular flexibility index (Phi) is 7.09. The van der Waals surface area contributed by atoms with E-state index in [1.165, 1.54) is 6.20 Å². The first-order chi connectivity index (χ1) is 10.6. The average Bonchev–Trinajstić information content (AvgIpc) is 2.54. The molecule has 6 nitrogen and oxygen atoms in total. The fourth-order valence-corrected chi connectivity index (χ4v) is 1.80. The number of rotatable bonds is 5. The van der Waals surface area contributed by atoms with Gasteiger partial charge in [-0.05, 0) is 24.6 Å². The van der Waals surface area contributed by atoms with Gasteiger partial charge in [0.05, 0.1) is 18.2 Å². The zero-order chi connectivity index (χ0) is 15.9. The van der Waals surface area contributed by atoms with Gasteiger partial charge in [0.1, 0.15) is 5.91 Å². The quantitative estimate of drug-likeness (QED) is 0.600. The van der Waals surface area contributed by atoms with Gasteiger partial charge in [-0.15, -0.1) is 5.69 Å². The van der Waals surface area contributed by atoms with Crippen LogP contribution in [-0.2, 0) is 21.3 Å². The zero-order valence-corrected chi connectivity index (χ0v) is 13.2. The molecule has 1 amide bonds. The number of benzene rings is 1. The molecule has 0 saturated heterocycles. The van der Waals surface area contributed by atoms with Crippen LogP contribution >= 0.6 is 0 Å². The van der Waals surface area contributed by atoms with Crippen molar-refractivity contribution in [3.8, 4) is 0 Å². The molecular weight excluding hydrogens is 341 g/mol. The second-order valence-corrected chi connectivity index (χ2v) is 4.42. The maximum atomic E-state index is 12.1. The van der Waals surface area contributed by atoms with Gasteiger partial charge in [-0.25, -0.2) is 0 Å². The molecule has 1 heterocycles. The number of carbonyl (C=O) groups excluding carboxylic acids is 2. The normalized spacial score (nSPS) is 10.6. The summed E-state index contributed by atoms with van der Waals surface area (Å²) in [5, 5.41) is 14.5. The fraction of sp³-hybridized carbons (Fsp3) is 0.125. The van der Waals surface area contributed by atoms with Gasteiger partial charge in [-0.2, -0.15) is 0 Å². The van der Waals surface area contributed by atoms with Crippen LogP contribution in [0.5, 0.6) is 0 Å². The molecule has 0 bridgehead atoms. The van der Waals surface area contributed by atoms with E-state index < -0.39 is 18.4 Å². The zero-order valence-electron chi connectivity index (χ0n) is 12.2. The first-order valence-corrected chi connectivity index (χ1v) is 6.55. The van der Waals surface area contributed by atoms with Crippen molar-refractivity contribution >= 4 is 23.3 Å². The van der Waals surface area contributed by atoms with E-state index in [1.54, 1.807) is 49.4 Å².